The first-order valence-electron chi connectivity index (χ1n) is 4.22. The van der Waals surface area contributed by atoms with Gasteiger partial charge in [0.1, 0.15) is 5.69 Å². The van der Waals surface area contributed by atoms with E-state index < -0.39 is 0 Å². The third-order valence-electron chi connectivity index (χ3n) is 1.79. The van der Waals surface area contributed by atoms with Crippen molar-refractivity contribution in [1.29, 1.82) is 0 Å². The minimum absolute atomic E-state index is 0.0358. The lowest BCUT2D eigenvalue weighted by Crippen LogP contribution is -2.23. The zero-order valence-corrected chi connectivity index (χ0v) is 8.51. The van der Waals surface area contributed by atoms with E-state index in [1.165, 1.54) is 17.2 Å². The van der Waals surface area contributed by atoms with Crippen LogP contribution in [0.5, 0.6) is 0 Å². The van der Waals surface area contributed by atoms with E-state index in [1.54, 1.807) is 20.2 Å². The van der Waals surface area contributed by atoms with Crippen LogP contribution < -0.4 is 5.73 Å². The summed E-state index contributed by atoms with van der Waals surface area (Å²) in [5, 5.41) is 11.2. The monoisotopic (exact) mass is 208 g/mol. The molecule has 80 valence electrons. The zero-order valence-electron chi connectivity index (χ0n) is 8.51. The number of hydrogen-bond acceptors (Lipinski definition) is 4. The van der Waals surface area contributed by atoms with E-state index in [-0.39, 0.29) is 11.7 Å². The average Bonchev–Trinajstić information content (AvgIpc) is 2.27. The molecule has 0 aliphatic heterocycles. The summed E-state index contributed by atoms with van der Waals surface area (Å²) in [6.07, 6.45) is 1.38. The van der Waals surface area contributed by atoms with Crippen molar-refractivity contribution in [3.05, 3.63) is 29.6 Å². The van der Waals surface area contributed by atoms with Crippen molar-refractivity contribution in [3.8, 4) is 0 Å². The summed E-state index contributed by atoms with van der Waals surface area (Å²) in [6, 6.07) is 3.09. The molecule has 1 aromatic heterocycles. The van der Waals surface area contributed by atoms with Crippen LogP contribution in [0.4, 0.5) is 0 Å². The molecule has 0 atom stereocenters. The largest absolute Gasteiger partial charge is 0.409 e. The highest BCUT2D eigenvalue weighted by atomic mass is 16.4. The number of nitrogens with two attached hydrogens (primary N) is 1. The Kier molecular flexibility index (Phi) is 3.22. The summed E-state index contributed by atoms with van der Waals surface area (Å²) in [7, 11) is 3.28. The van der Waals surface area contributed by atoms with E-state index in [0.29, 0.717) is 11.3 Å². The van der Waals surface area contributed by atoms with Crippen LogP contribution in [0.25, 0.3) is 0 Å². The van der Waals surface area contributed by atoms with Crippen molar-refractivity contribution >= 4 is 11.7 Å². The first-order chi connectivity index (χ1) is 7.06. The molecule has 0 aliphatic rings. The molecule has 6 nitrogen and oxygen atoms in total. The number of rotatable bonds is 2. The van der Waals surface area contributed by atoms with Crippen LogP contribution in [-0.2, 0) is 0 Å². The second-order valence-electron chi connectivity index (χ2n) is 3.12. The molecule has 1 rings (SSSR count). The quantitative estimate of drug-likeness (QED) is 0.306. The van der Waals surface area contributed by atoms with E-state index in [4.69, 9.17) is 10.9 Å². The Morgan fingerprint density at radius 1 is 1.53 bits per heavy atom. The van der Waals surface area contributed by atoms with Crippen LogP contribution in [-0.4, -0.2) is 40.9 Å². The van der Waals surface area contributed by atoms with Crippen molar-refractivity contribution in [2.75, 3.05) is 14.1 Å². The Balaban J connectivity index is 2.95. The highest BCUT2D eigenvalue weighted by Crippen LogP contribution is 2.02. The maximum atomic E-state index is 11.4. The van der Waals surface area contributed by atoms with Crippen molar-refractivity contribution in [2.24, 2.45) is 10.9 Å². The van der Waals surface area contributed by atoms with Gasteiger partial charge in [0.2, 0.25) is 0 Å². The fourth-order valence-corrected chi connectivity index (χ4v) is 0.959. The lowest BCUT2D eigenvalue weighted by atomic mass is 10.2. The van der Waals surface area contributed by atoms with Crippen LogP contribution in [0.2, 0.25) is 0 Å². The van der Waals surface area contributed by atoms with Crippen LogP contribution >= 0.6 is 0 Å². The van der Waals surface area contributed by atoms with Crippen LogP contribution in [0.1, 0.15) is 16.1 Å². The number of aromatic nitrogens is 1. The Bertz CT molecular complexity index is 384. The molecule has 6 heteroatoms. The van der Waals surface area contributed by atoms with Gasteiger partial charge in [-0.05, 0) is 12.1 Å². The van der Waals surface area contributed by atoms with E-state index in [9.17, 15) is 4.79 Å². The minimum atomic E-state index is -0.193. The van der Waals surface area contributed by atoms with Gasteiger partial charge in [-0.1, -0.05) is 5.16 Å². The molecule has 1 aromatic rings. The number of oxime groups is 1. The highest BCUT2D eigenvalue weighted by Gasteiger charge is 2.09. The summed E-state index contributed by atoms with van der Waals surface area (Å²) in [4.78, 5) is 16.8. The molecule has 0 unspecified atom stereocenters. The topological polar surface area (TPSA) is 91.8 Å². The predicted octanol–water partition coefficient (Wildman–Crippen LogP) is -0.122. The number of nitrogens with zero attached hydrogens (tertiary/aromatic N) is 3. The van der Waals surface area contributed by atoms with E-state index in [2.05, 4.69) is 10.1 Å². The molecule has 0 bridgehead atoms. The van der Waals surface area contributed by atoms with Gasteiger partial charge in [-0.2, -0.15) is 0 Å². The van der Waals surface area contributed by atoms with Crippen molar-refractivity contribution in [1.82, 2.24) is 9.88 Å². The van der Waals surface area contributed by atoms with Gasteiger partial charge < -0.3 is 15.8 Å². The maximum Gasteiger partial charge on any atom is 0.271 e. The fraction of sp³-hybridized carbons (Fsp3) is 0.222. The minimum Gasteiger partial charge on any atom is -0.409 e. The second kappa shape index (κ2) is 4.41. The number of amidine groups is 1. The number of carbonyl (C=O) groups is 1. The Labute approximate surface area is 87.0 Å². The maximum absolute atomic E-state index is 11.4. The molecule has 0 spiro atoms. The molecule has 0 saturated carbocycles. The second-order valence-corrected chi connectivity index (χ2v) is 3.12. The lowest BCUT2D eigenvalue weighted by molar-refractivity contribution is 0.0822. The number of pyridine rings is 1. The highest BCUT2D eigenvalue weighted by molar-refractivity contribution is 5.98. The van der Waals surface area contributed by atoms with E-state index in [0.717, 1.165) is 0 Å². The Morgan fingerprint density at radius 3 is 2.60 bits per heavy atom. The first-order valence-corrected chi connectivity index (χ1v) is 4.22. The molecule has 3 N–H and O–H groups in total. The smallest absolute Gasteiger partial charge is 0.271 e. The Morgan fingerprint density at radius 2 is 2.20 bits per heavy atom. The first kappa shape index (κ1) is 11.0. The lowest BCUT2D eigenvalue weighted by Gasteiger charge is -2.09. The normalized spacial score (nSPS) is 11.2. The zero-order chi connectivity index (χ0) is 11.4. The predicted molar refractivity (Wildman–Crippen MR) is 54.8 cm³/mol. The summed E-state index contributed by atoms with van der Waals surface area (Å²) in [6.45, 7) is 0. The summed E-state index contributed by atoms with van der Waals surface area (Å²) < 4.78 is 0. The van der Waals surface area contributed by atoms with Gasteiger partial charge in [0.05, 0.1) is 0 Å². The van der Waals surface area contributed by atoms with Crippen LogP contribution in [0.15, 0.2) is 23.5 Å². The van der Waals surface area contributed by atoms with Gasteiger partial charge in [-0.25, -0.2) is 0 Å². The summed E-state index contributed by atoms with van der Waals surface area (Å²) >= 11 is 0. The molecule has 1 heterocycles. The van der Waals surface area contributed by atoms with Crippen LogP contribution in [0, 0.1) is 0 Å². The van der Waals surface area contributed by atoms with E-state index in [1.807, 2.05) is 0 Å². The molecule has 0 aromatic carbocycles. The number of carbonyl (C=O) groups excluding carboxylic acids is 1. The van der Waals surface area contributed by atoms with E-state index >= 15 is 0 Å². The van der Waals surface area contributed by atoms with Gasteiger partial charge >= 0.3 is 0 Å². The van der Waals surface area contributed by atoms with Crippen molar-refractivity contribution in [3.63, 3.8) is 0 Å². The molecule has 0 saturated heterocycles. The molecule has 0 radical (unpaired) electrons. The third kappa shape index (κ3) is 2.43. The van der Waals surface area contributed by atoms with Gasteiger partial charge in [-0.15, -0.1) is 0 Å². The van der Waals surface area contributed by atoms with Gasteiger partial charge in [0.15, 0.2) is 5.84 Å². The molecule has 0 fully saturated rings. The third-order valence-corrected chi connectivity index (χ3v) is 1.79. The molecular weight excluding hydrogens is 196 g/mol. The molecular formula is C9H12N4O2. The fourth-order valence-electron chi connectivity index (χ4n) is 0.959. The van der Waals surface area contributed by atoms with Crippen LogP contribution in [0.3, 0.4) is 0 Å². The van der Waals surface area contributed by atoms with Gasteiger partial charge in [-0.3, -0.25) is 9.78 Å². The Hall–Kier alpha value is -2.11. The summed E-state index contributed by atoms with van der Waals surface area (Å²) in [5.41, 5.74) is 6.12. The van der Waals surface area contributed by atoms with Gasteiger partial charge in [0, 0.05) is 25.9 Å². The standard InChI is InChI=1S/C9H12N4O2/c1-13(2)9(14)7-4-3-6(5-11-7)8(10)12-15/h3-5,15H,1-2H3,(H2,10,12). The SMILES string of the molecule is CN(C)C(=O)c1ccc(C(N)=NO)cn1. The molecule has 1 amide bonds. The summed E-state index contributed by atoms with van der Waals surface area (Å²) in [5.74, 6) is -0.229. The average molecular weight is 208 g/mol. The van der Waals surface area contributed by atoms with Crippen molar-refractivity contribution < 1.29 is 10.0 Å². The molecule has 15 heavy (non-hydrogen) atoms. The van der Waals surface area contributed by atoms with Crippen molar-refractivity contribution in [2.45, 2.75) is 0 Å². The number of hydrogen-bond donors (Lipinski definition) is 2. The number of amides is 1. The van der Waals surface area contributed by atoms with Gasteiger partial charge in [0.25, 0.3) is 5.91 Å². The molecule has 0 aliphatic carbocycles.